The molecule has 106 valence electrons. The highest BCUT2D eigenvalue weighted by Crippen LogP contribution is 2.27. The Bertz CT molecular complexity index is 589. The first-order valence-corrected chi connectivity index (χ1v) is 7.03. The Kier molecular flexibility index (Phi) is 3.69. The van der Waals surface area contributed by atoms with Gasteiger partial charge in [0.1, 0.15) is 0 Å². The van der Waals surface area contributed by atoms with Gasteiger partial charge in [-0.2, -0.15) is 4.98 Å². The normalized spacial score (nSPS) is 19.1. The van der Waals surface area contributed by atoms with Gasteiger partial charge in [-0.05, 0) is 37.8 Å². The second-order valence-corrected chi connectivity index (χ2v) is 5.24. The van der Waals surface area contributed by atoms with E-state index in [1.165, 1.54) is 6.42 Å². The SMILES string of the molecule is Cc1cccc(-c2nc(CC3CCCCO3)no2)c1N. The number of benzene rings is 1. The molecule has 1 aromatic heterocycles. The van der Waals surface area contributed by atoms with E-state index in [0.717, 1.165) is 30.6 Å². The highest BCUT2D eigenvalue weighted by atomic mass is 16.5. The number of aromatic nitrogens is 2. The summed E-state index contributed by atoms with van der Waals surface area (Å²) in [7, 11) is 0. The molecule has 0 spiro atoms. The molecule has 2 heterocycles. The van der Waals surface area contributed by atoms with E-state index in [-0.39, 0.29) is 6.10 Å². The topological polar surface area (TPSA) is 74.2 Å². The zero-order valence-electron chi connectivity index (χ0n) is 11.6. The average Bonchev–Trinajstić information content (AvgIpc) is 2.91. The van der Waals surface area contributed by atoms with Gasteiger partial charge in [-0.25, -0.2) is 0 Å². The van der Waals surface area contributed by atoms with E-state index in [1.54, 1.807) is 0 Å². The molecule has 3 rings (SSSR count). The predicted octanol–water partition coefficient (Wildman–Crippen LogP) is 2.74. The van der Waals surface area contributed by atoms with E-state index >= 15 is 0 Å². The molecule has 1 unspecified atom stereocenters. The number of nitrogens with two attached hydrogens (primary N) is 1. The van der Waals surface area contributed by atoms with Crippen LogP contribution in [0.4, 0.5) is 5.69 Å². The van der Waals surface area contributed by atoms with Gasteiger partial charge in [0, 0.05) is 18.7 Å². The van der Waals surface area contributed by atoms with E-state index in [1.807, 2.05) is 25.1 Å². The molecule has 0 radical (unpaired) electrons. The van der Waals surface area contributed by atoms with Crippen LogP contribution in [0.3, 0.4) is 0 Å². The molecule has 0 bridgehead atoms. The lowest BCUT2D eigenvalue weighted by molar-refractivity contribution is 0.0153. The van der Waals surface area contributed by atoms with Crippen LogP contribution in [0.1, 0.15) is 30.7 Å². The second kappa shape index (κ2) is 5.63. The van der Waals surface area contributed by atoms with Gasteiger partial charge in [0.25, 0.3) is 5.89 Å². The third-order valence-electron chi connectivity index (χ3n) is 3.71. The number of para-hydroxylation sites is 1. The molecule has 20 heavy (non-hydrogen) atoms. The summed E-state index contributed by atoms with van der Waals surface area (Å²) in [5, 5.41) is 4.04. The zero-order valence-corrected chi connectivity index (χ0v) is 11.6. The van der Waals surface area contributed by atoms with Crippen molar-refractivity contribution in [3.63, 3.8) is 0 Å². The van der Waals surface area contributed by atoms with Crippen molar-refractivity contribution in [1.82, 2.24) is 10.1 Å². The first kappa shape index (κ1) is 13.1. The molecule has 1 aliphatic rings. The number of nitrogens with zero attached hydrogens (tertiary/aromatic N) is 2. The minimum Gasteiger partial charge on any atom is -0.398 e. The number of hydrogen-bond donors (Lipinski definition) is 1. The number of ether oxygens (including phenoxy) is 1. The first-order chi connectivity index (χ1) is 9.74. The summed E-state index contributed by atoms with van der Waals surface area (Å²) in [6.07, 6.45) is 4.34. The summed E-state index contributed by atoms with van der Waals surface area (Å²) in [4.78, 5) is 4.44. The molecule has 5 heteroatoms. The Morgan fingerprint density at radius 1 is 1.35 bits per heavy atom. The second-order valence-electron chi connectivity index (χ2n) is 5.24. The monoisotopic (exact) mass is 273 g/mol. The lowest BCUT2D eigenvalue weighted by atomic mass is 10.1. The van der Waals surface area contributed by atoms with Gasteiger partial charge in [-0.1, -0.05) is 17.3 Å². The van der Waals surface area contributed by atoms with Crippen molar-refractivity contribution in [3.05, 3.63) is 29.6 Å². The minimum absolute atomic E-state index is 0.212. The molecule has 1 aromatic carbocycles. The Morgan fingerprint density at radius 3 is 3.05 bits per heavy atom. The number of hydrogen-bond acceptors (Lipinski definition) is 5. The summed E-state index contributed by atoms with van der Waals surface area (Å²) in [5.74, 6) is 1.17. The van der Waals surface area contributed by atoms with Crippen LogP contribution in [0.5, 0.6) is 0 Å². The maximum atomic E-state index is 6.06. The Labute approximate surface area is 118 Å². The molecule has 5 nitrogen and oxygen atoms in total. The number of nitrogen functional groups attached to an aromatic ring is 1. The summed E-state index contributed by atoms with van der Waals surface area (Å²) in [6, 6.07) is 5.80. The van der Waals surface area contributed by atoms with E-state index in [2.05, 4.69) is 10.1 Å². The van der Waals surface area contributed by atoms with Crippen molar-refractivity contribution in [3.8, 4) is 11.5 Å². The van der Waals surface area contributed by atoms with Crippen molar-refractivity contribution in [1.29, 1.82) is 0 Å². The van der Waals surface area contributed by atoms with Crippen molar-refractivity contribution in [2.24, 2.45) is 0 Å². The van der Waals surface area contributed by atoms with Crippen LogP contribution >= 0.6 is 0 Å². The Hall–Kier alpha value is -1.88. The van der Waals surface area contributed by atoms with E-state index < -0.39 is 0 Å². The van der Waals surface area contributed by atoms with Gasteiger partial charge in [-0.15, -0.1) is 0 Å². The Balaban J connectivity index is 1.77. The first-order valence-electron chi connectivity index (χ1n) is 7.03. The molecule has 2 N–H and O–H groups in total. The van der Waals surface area contributed by atoms with Crippen molar-refractivity contribution in [2.45, 2.75) is 38.7 Å². The van der Waals surface area contributed by atoms with Crippen molar-refractivity contribution >= 4 is 5.69 Å². The maximum Gasteiger partial charge on any atom is 0.260 e. The molecule has 0 aliphatic carbocycles. The fraction of sp³-hybridized carbons (Fsp3) is 0.467. The summed E-state index contributed by atoms with van der Waals surface area (Å²) in [5.41, 5.74) is 8.56. The molecule has 0 amide bonds. The molecule has 1 aliphatic heterocycles. The van der Waals surface area contributed by atoms with Crippen molar-refractivity contribution < 1.29 is 9.26 Å². The zero-order chi connectivity index (χ0) is 13.9. The minimum atomic E-state index is 0.212. The molecule has 2 aromatic rings. The van der Waals surface area contributed by atoms with Crippen LogP contribution in [0, 0.1) is 6.92 Å². The average molecular weight is 273 g/mol. The quantitative estimate of drug-likeness (QED) is 0.870. The van der Waals surface area contributed by atoms with Crippen LogP contribution in [-0.4, -0.2) is 22.9 Å². The van der Waals surface area contributed by atoms with E-state index in [4.69, 9.17) is 15.0 Å². The smallest absolute Gasteiger partial charge is 0.260 e. The number of rotatable bonds is 3. The highest BCUT2D eigenvalue weighted by molar-refractivity contribution is 5.72. The van der Waals surface area contributed by atoms with Crippen LogP contribution in [0.15, 0.2) is 22.7 Å². The lowest BCUT2D eigenvalue weighted by Gasteiger charge is -2.20. The maximum absolute atomic E-state index is 6.06. The van der Waals surface area contributed by atoms with Crippen LogP contribution in [0.25, 0.3) is 11.5 Å². The molecule has 1 fully saturated rings. The Morgan fingerprint density at radius 2 is 2.25 bits per heavy atom. The summed E-state index contributed by atoms with van der Waals surface area (Å²) >= 11 is 0. The van der Waals surface area contributed by atoms with Gasteiger partial charge in [-0.3, -0.25) is 0 Å². The lowest BCUT2D eigenvalue weighted by Crippen LogP contribution is -2.21. The van der Waals surface area contributed by atoms with Gasteiger partial charge in [0.15, 0.2) is 5.82 Å². The molecule has 1 atom stereocenters. The van der Waals surface area contributed by atoms with Gasteiger partial charge < -0.3 is 15.0 Å². The molecule has 0 saturated carbocycles. The van der Waals surface area contributed by atoms with Crippen molar-refractivity contribution in [2.75, 3.05) is 12.3 Å². The van der Waals surface area contributed by atoms with E-state index in [9.17, 15) is 0 Å². The van der Waals surface area contributed by atoms with Crippen LogP contribution < -0.4 is 5.73 Å². The fourth-order valence-electron chi connectivity index (χ4n) is 2.49. The molecular formula is C15H19N3O2. The van der Waals surface area contributed by atoms with E-state index in [0.29, 0.717) is 23.8 Å². The van der Waals surface area contributed by atoms with Crippen LogP contribution in [-0.2, 0) is 11.2 Å². The van der Waals surface area contributed by atoms with Gasteiger partial charge in [0.05, 0.1) is 11.7 Å². The summed E-state index contributed by atoms with van der Waals surface area (Å²) in [6.45, 7) is 2.80. The summed E-state index contributed by atoms with van der Waals surface area (Å²) < 4.78 is 11.0. The standard InChI is InChI=1S/C15H19N3O2/c1-10-5-4-7-12(14(10)16)15-17-13(18-20-15)9-11-6-2-3-8-19-11/h4-5,7,11H,2-3,6,8-9,16H2,1H3. The van der Waals surface area contributed by atoms with Gasteiger partial charge >= 0.3 is 0 Å². The largest absolute Gasteiger partial charge is 0.398 e. The highest BCUT2D eigenvalue weighted by Gasteiger charge is 2.19. The predicted molar refractivity (Wildman–Crippen MR) is 76.2 cm³/mol. The third-order valence-corrected chi connectivity index (χ3v) is 3.71. The molecule has 1 saturated heterocycles. The van der Waals surface area contributed by atoms with Crippen LogP contribution in [0.2, 0.25) is 0 Å². The van der Waals surface area contributed by atoms with Gasteiger partial charge in [0.2, 0.25) is 0 Å². The number of anilines is 1. The third kappa shape index (κ3) is 2.67. The number of aryl methyl sites for hydroxylation is 1. The fourth-order valence-corrected chi connectivity index (χ4v) is 2.49. The molecular weight excluding hydrogens is 254 g/mol.